The van der Waals surface area contributed by atoms with E-state index in [0.717, 1.165) is 0 Å². The summed E-state index contributed by atoms with van der Waals surface area (Å²) in [7, 11) is -4.81. The third-order valence-corrected chi connectivity index (χ3v) is 2.85. The number of carbonyl (C=O) groups is 1. The first-order valence-corrected chi connectivity index (χ1v) is 6.55. The van der Waals surface area contributed by atoms with Crippen LogP contribution in [0.3, 0.4) is 0 Å². The minimum atomic E-state index is -4.81. The van der Waals surface area contributed by atoms with Crippen molar-refractivity contribution in [2.24, 2.45) is 0 Å². The predicted molar refractivity (Wildman–Crippen MR) is 58.9 cm³/mol. The van der Waals surface area contributed by atoms with Crippen molar-refractivity contribution in [1.29, 1.82) is 0 Å². The summed E-state index contributed by atoms with van der Waals surface area (Å²) in [5.41, 5.74) is 0. The zero-order valence-electron chi connectivity index (χ0n) is 8.99. The Kier molecular flexibility index (Phi) is 8.30. The summed E-state index contributed by atoms with van der Waals surface area (Å²) in [5, 5.41) is 9.45. The summed E-state index contributed by atoms with van der Waals surface area (Å²) >= 11 is 5.67. The molecular weight excluding hydrogens is 317 g/mol. The zero-order chi connectivity index (χ0) is 12.9. The summed E-state index contributed by atoms with van der Waals surface area (Å²) < 4.78 is 33.9. The molecule has 1 N–H and O–H groups in total. The minimum absolute atomic E-state index is 0. The van der Waals surface area contributed by atoms with Crippen LogP contribution in [0.5, 0.6) is 0 Å². The van der Waals surface area contributed by atoms with Gasteiger partial charge in [-0.15, -0.1) is 10.2 Å². The van der Waals surface area contributed by atoms with Gasteiger partial charge in [0, 0.05) is 12.0 Å². The number of carbonyl (C=O) groups excluding carboxylic acids is 1. The van der Waals surface area contributed by atoms with Crippen LogP contribution in [0.1, 0.15) is 0 Å². The SMILES string of the molecule is O=C(CSOS(=O)(=O)[O-])Nc1ccc(Cl)nn1.[Na+]. The van der Waals surface area contributed by atoms with Gasteiger partial charge in [0.1, 0.15) is 5.75 Å². The van der Waals surface area contributed by atoms with Crippen molar-refractivity contribution in [3.8, 4) is 0 Å². The Morgan fingerprint density at radius 3 is 2.67 bits per heavy atom. The molecule has 18 heavy (non-hydrogen) atoms. The molecule has 0 aromatic carbocycles. The van der Waals surface area contributed by atoms with Crippen molar-refractivity contribution in [3.63, 3.8) is 0 Å². The molecule has 1 heterocycles. The number of amides is 1. The first kappa shape index (κ1) is 18.1. The second-order valence-electron chi connectivity index (χ2n) is 2.53. The van der Waals surface area contributed by atoms with Gasteiger partial charge in [-0.25, -0.2) is 12.0 Å². The third-order valence-electron chi connectivity index (χ3n) is 1.22. The number of nitrogens with one attached hydrogen (secondary N) is 1. The standard InChI is InChI=1S/C6H6ClN3O5S2.Na/c7-4-1-2-5(10-9-4)8-6(11)3-16-15-17(12,13)14;/h1-2H,3H2,(H,8,10,11)(H,12,13,14);/q;+1/p-1. The quantitative estimate of drug-likeness (QED) is 0.267. The molecule has 0 radical (unpaired) electrons. The van der Waals surface area contributed by atoms with Gasteiger partial charge in [0.15, 0.2) is 11.0 Å². The van der Waals surface area contributed by atoms with E-state index in [1.807, 2.05) is 0 Å². The number of rotatable bonds is 5. The smallest absolute Gasteiger partial charge is 0.725 e. The van der Waals surface area contributed by atoms with E-state index in [1.54, 1.807) is 0 Å². The van der Waals surface area contributed by atoms with Crippen LogP contribution in [0, 0.1) is 0 Å². The maximum atomic E-state index is 11.2. The predicted octanol–water partition coefficient (Wildman–Crippen LogP) is -2.80. The Hall–Kier alpha value is 0.0600. The van der Waals surface area contributed by atoms with Crippen LogP contribution in [0.2, 0.25) is 5.15 Å². The Labute approximate surface area is 134 Å². The molecule has 0 aliphatic heterocycles. The van der Waals surface area contributed by atoms with E-state index >= 15 is 0 Å². The first-order chi connectivity index (χ1) is 7.87. The van der Waals surface area contributed by atoms with Crippen molar-refractivity contribution >= 4 is 45.8 Å². The fourth-order valence-corrected chi connectivity index (χ4v) is 1.64. The average Bonchev–Trinajstić information content (AvgIpc) is 2.19. The number of halogens is 1. The largest absolute Gasteiger partial charge is 1.00 e. The van der Waals surface area contributed by atoms with Crippen molar-refractivity contribution in [3.05, 3.63) is 17.3 Å². The molecule has 12 heteroatoms. The Bertz CT molecular complexity index is 496. The molecule has 8 nitrogen and oxygen atoms in total. The Balaban J connectivity index is 0.00000289. The van der Waals surface area contributed by atoms with Gasteiger partial charge in [0.05, 0.1) is 0 Å². The molecule has 1 amide bonds. The molecule has 1 aromatic rings. The second-order valence-corrected chi connectivity index (χ2v) is 4.80. The molecular formula is C6H5ClN3NaO5S2. The van der Waals surface area contributed by atoms with Crippen LogP contribution in [-0.4, -0.2) is 34.8 Å². The van der Waals surface area contributed by atoms with E-state index in [-0.39, 0.29) is 58.3 Å². The fourth-order valence-electron chi connectivity index (χ4n) is 0.698. The summed E-state index contributed by atoms with van der Waals surface area (Å²) in [6, 6.07) is 2.82. The van der Waals surface area contributed by atoms with Crippen molar-refractivity contribution < 1.29 is 51.0 Å². The molecule has 0 aliphatic rings. The molecule has 0 fully saturated rings. The topological polar surface area (TPSA) is 121 Å². The monoisotopic (exact) mass is 321 g/mol. The fraction of sp³-hybridized carbons (Fsp3) is 0.167. The van der Waals surface area contributed by atoms with Gasteiger partial charge in [-0.3, -0.25) is 4.79 Å². The number of hydrogen-bond acceptors (Lipinski definition) is 8. The summed E-state index contributed by atoms with van der Waals surface area (Å²) in [6.45, 7) is 0. The zero-order valence-corrected chi connectivity index (χ0v) is 13.4. The van der Waals surface area contributed by atoms with E-state index in [4.69, 9.17) is 11.6 Å². The molecule has 0 bridgehead atoms. The number of nitrogens with zero attached hydrogens (tertiary/aromatic N) is 2. The van der Waals surface area contributed by atoms with E-state index < -0.39 is 16.3 Å². The molecule has 1 rings (SSSR count). The van der Waals surface area contributed by atoms with Crippen LogP contribution >= 0.6 is 23.6 Å². The van der Waals surface area contributed by atoms with Crippen LogP contribution in [0.4, 0.5) is 5.82 Å². The summed E-state index contributed by atoms with van der Waals surface area (Å²) in [6.07, 6.45) is 0. The summed E-state index contributed by atoms with van der Waals surface area (Å²) in [5.74, 6) is -0.841. The number of hydrogen-bond donors (Lipinski definition) is 1. The maximum Gasteiger partial charge on any atom is 1.00 e. The molecule has 0 saturated heterocycles. The van der Waals surface area contributed by atoms with Gasteiger partial charge in [-0.05, 0) is 12.1 Å². The Morgan fingerprint density at radius 2 is 2.17 bits per heavy atom. The molecule has 0 saturated carbocycles. The van der Waals surface area contributed by atoms with Gasteiger partial charge in [-0.2, -0.15) is 0 Å². The van der Waals surface area contributed by atoms with Crippen LogP contribution in [0.15, 0.2) is 12.1 Å². The molecule has 0 unspecified atom stereocenters. The molecule has 94 valence electrons. The normalized spacial score (nSPS) is 10.6. The Morgan fingerprint density at radius 1 is 1.50 bits per heavy atom. The van der Waals surface area contributed by atoms with Crippen LogP contribution in [0.25, 0.3) is 0 Å². The second kappa shape index (κ2) is 8.27. The van der Waals surface area contributed by atoms with E-state index in [1.165, 1.54) is 12.1 Å². The van der Waals surface area contributed by atoms with Gasteiger partial charge < -0.3 is 9.87 Å². The maximum absolute atomic E-state index is 11.2. The molecule has 0 spiro atoms. The van der Waals surface area contributed by atoms with Crippen molar-refractivity contribution in [2.75, 3.05) is 11.1 Å². The van der Waals surface area contributed by atoms with Crippen LogP contribution < -0.4 is 34.9 Å². The van der Waals surface area contributed by atoms with Gasteiger partial charge in [0.2, 0.25) is 16.3 Å². The summed E-state index contributed by atoms with van der Waals surface area (Å²) in [4.78, 5) is 11.2. The third kappa shape index (κ3) is 8.21. The average molecular weight is 322 g/mol. The molecule has 0 aliphatic carbocycles. The molecule has 1 aromatic heterocycles. The van der Waals surface area contributed by atoms with Crippen molar-refractivity contribution in [1.82, 2.24) is 10.2 Å². The first-order valence-electron chi connectivity index (χ1n) is 3.93. The van der Waals surface area contributed by atoms with Gasteiger partial charge >= 0.3 is 29.6 Å². The number of aromatic nitrogens is 2. The van der Waals surface area contributed by atoms with Crippen LogP contribution in [-0.2, 0) is 18.8 Å². The molecule has 0 atom stereocenters. The minimum Gasteiger partial charge on any atom is -0.725 e. The van der Waals surface area contributed by atoms with E-state index in [9.17, 15) is 17.8 Å². The number of anilines is 1. The van der Waals surface area contributed by atoms with Gasteiger partial charge in [0.25, 0.3) is 0 Å². The van der Waals surface area contributed by atoms with E-state index in [0.29, 0.717) is 0 Å². The van der Waals surface area contributed by atoms with E-state index in [2.05, 4.69) is 19.1 Å². The van der Waals surface area contributed by atoms with Gasteiger partial charge in [-0.1, -0.05) is 11.6 Å². The van der Waals surface area contributed by atoms with Crippen molar-refractivity contribution in [2.45, 2.75) is 0 Å².